The molecular formula is C14H20O3. The Morgan fingerprint density at radius 2 is 1.94 bits per heavy atom. The first-order valence-corrected chi connectivity index (χ1v) is 5.94. The highest BCUT2D eigenvalue weighted by Crippen LogP contribution is 2.22. The van der Waals surface area contributed by atoms with E-state index in [4.69, 9.17) is 9.84 Å². The average molecular weight is 236 g/mol. The number of carboxylic acids is 1. The molecule has 0 radical (unpaired) electrons. The second-order valence-corrected chi connectivity index (χ2v) is 4.48. The number of benzene rings is 1. The third kappa shape index (κ3) is 4.57. The summed E-state index contributed by atoms with van der Waals surface area (Å²) in [6.45, 7) is 6.49. The van der Waals surface area contributed by atoms with E-state index in [9.17, 15) is 4.79 Å². The SMILES string of the molecule is CC(C)c1cccc(C(C)OCCC(=O)O)c1. The summed E-state index contributed by atoms with van der Waals surface area (Å²) >= 11 is 0. The van der Waals surface area contributed by atoms with Gasteiger partial charge in [-0.15, -0.1) is 0 Å². The van der Waals surface area contributed by atoms with Crippen molar-refractivity contribution in [1.82, 2.24) is 0 Å². The number of carbonyl (C=O) groups is 1. The van der Waals surface area contributed by atoms with E-state index in [0.29, 0.717) is 5.92 Å². The minimum atomic E-state index is -0.826. The highest BCUT2D eigenvalue weighted by molar-refractivity contribution is 5.66. The Bertz CT molecular complexity index is 371. The Labute approximate surface area is 102 Å². The highest BCUT2D eigenvalue weighted by Gasteiger charge is 2.08. The van der Waals surface area contributed by atoms with Crippen LogP contribution in [-0.4, -0.2) is 17.7 Å². The van der Waals surface area contributed by atoms with E-state index in [0.717, 1.165) is 5.56 Å². The van der Waals surface area contributed by atoms with E-state index in [1.807, 2.05) is 19.1 Å². The van der Waals surface area contributed by atoms with Gasteiger partial charge in [-0.2, -0.15) is 0 Å². The molecule has 94 valence electrons. The van der Waals surface area contributed by atoms with Crippen molar-refractivity contribution in [3.8, 4) is 0 Å². The van der Waals surface area contributed by atoms with Gasteiger partial charge in [0.05, 0.1) is 19.1 Å². The van der Waals surface area contributed by atoms with Crippen molar-refractivity contribution in [3.63, 3.8) is 0 Å². The van der Waals surface area contributed by atoms with Gasteiger partial charge >= 0.3 is 5.97 Å². The Morgan fingerprint density at radius 1 is 1.29 bits per heavy atom. The third-order valence-corrected chi connectivity index (χ3v) is 2.73. The normalized spacial score (nSPS) is 12.7. The van der Waals surface area contributed by atoms with Crippen LogP contribution in [0.5, 0.6) is 0 Å². The predicted octanol–water partition coefficient (Wildman–Crippen LogP) is 3.36. The van der Waals surface area contributed by atoms with E-state index in [-0.39, 0.29) is 19.1 Å². The third-order valence-electron chi connectivity index (χ3n) is 2.73. The summed E-state index contributed by atoms with van der Waals surface area (Å²) in [7, 11) is 0. The lowest BCUT2D eigenvalue weighted by molar-refractivity contribution is -0.138. The van der Waals surface area contributed by atoms with Gasteiger partial charge in [-0.05, 0) is 24.0 Å². The number of hydrogen-bond donors (Lipinski definition) is 1. The maximum Gasteiger partial charge on any atom is 0.305 e. The lowest BCUT2D eigenvalue weighted by Gasteiger charge is -2.15. The van der Waals surface area contributed by atoms with Crippen LogP contribution in [0, 0.1) is 0 Å². The molecule has 0 amide bonds. The molecule has 0 bridgehead atoms. The van der Waals surface area contributed by atoms with Crippen molar-refractivity contribution in [3.05, 3.63) is 35.4 Å². The second kappa shape index (κ2) is 6.40. The topological polar surface area (TPSA) is 46.5 Å². The lowest BCUT2D eigenvalue weighted by Crippen LogP contribution is -2.06. The molecule has 3 nitrogen and oxygen atoms in total. The molecule has 3 heteroatoms. The zero-order valence-corrected chi connectivity index (χ0v) is 10.6. The molecular weight excluding hydrogens is 216 g/mol. The maximum atomic E-state index is 10.4. The van der Waals surface area contributed by atoms with Gasteiger partial charge in [-0.1, -0.05) is 38.1 Å². The molecule has 0 aliphatic carbocycles. The van der Waals surface area contributed by atoms with Crippen LogP contribution in [0.15, 0.2) is 24.3 Å². The largest absolute Gasteiger partial charge is 0.481 e. The molecule has 0 saturated heterocycles. The van der Waals surface area contributed by atoms with Crippen molar-refractivity contribution in [2.24, 2.45) is 0 Å². The van der Waals surface area contributed by atoms with Gasteiger partial charge in [0, 0.05) is 0 Å². The van der Waals surface area contributed by atoms with Gasteiger partial charge in [-0.3, -0.25) is 4.79 Å². The summed E-state index contributed by atoms with van der Waals surface area (Å²) in [5.41, 5.74) is 2.37. The van der Waals surface area contributed by atoms with Crippen molar-refractivity contribution < 1.29 is 14.6 Å². The minimum absolute atomic E-state index is 0.0498. The molecule has 0 aliphatic heterocycles. The molecule has 0 heterocycles. The van der Waals surface area contributed by atoms with Crippen LogP contribution >= 0.6 is 0 Å². The lowest BCUT2D eigenvalue weighted by atomic mass is 9.99. The quantitative estimate of drug-likeness (QED) is 0.823. The Balaban J connectivity index is 2.59. The Hall–Kier alpha value is -1.35. The molecule has 1 unspecified atom stereocenters. The van der Waals surface area contributed by atoms with Crippen LogP contribution in [0.2, 0.25) is 0 Å². The monoisotopic (exact) mass is 236 g/mol. The number of carboxylic acid groups (broad SMARTS) is 1. The average Bonchev–Trinajstić information content (AvgIpc) is 2.28. The summed E-state index contributed by atoms with van der Waals surface area (Å²) < 4.78 is 5.49. The van der Waals surface area contributed by atoms with Gasteiger partial charge in [-0.25, -0.2) is 0 Å². The van der Waals surface area contributed by atoms with Gasteiger partial charge in [0.1, 0.15) is 0 Å². The van der Waals surface area contributed by atoms with Crippen LogP contribution in [0.1, 0.15) is 50.3 Å². The van der Waals surface area contributed by atoms with Crippen LogP contribution in [0.3, 0.4) is 0 Å². The fourth-order valence-electron chi connectivity index (χ4n) is 1.59. The van der Waals surface area contributed by atoms with Crippen molar-refractivity contribution in [2.45, 2.75) is 39.2 Å². The highest BCUT2D eigenvalue weighted by atomic mass is 16.5. The summed E-state index contributed by atoms with van der Waals surface area (Å²) in [5, 5.41) is 8.53. The number of hydrogen-bond acceptors (Lipinski definition) is 2. The van der Waals surface area contributed by atoms with Crippen LogP contribution < -0.4 is 0 Å². The standard InChI is InChI=1S/C14H20O3/c1-10(2)12-5-4-6-13(9-12)11(3)17-8-7-14(15)16/h4-6,9-11H,7-8H2,1-3H3,(H,15,16). The molecule has 0 aromatic heterocycles. The first kappa shape index (κ1) is 13.7. The van der Waals surface area contributed by atoms with Crippen molar-refractivity contribution >= 4 is 5.97 Å². The number of rotatable bonds is 6. The predicted molar refractivity (Wildman–Crippen MR) is 67.2 cm³/mol. The van der Waals surface area contributed by atoms with Gasteiger partial charge in [0.25, 0.3) is 0 Å². The van der Waals surface area contributed by atoms with Gasteiger partial charge in [0.15, 0.2) is 0 Å². The fourth-order valence-corrected chi connectivity index (χ4v) is 1.59. The van der Waals surface area contributed by atoms with Gasteiger partial charge < -0.3 is 9.84 Å². The summed E-state index contributed by atoms with van der Waals surface area (Å²) in [6, 6.07) is 8.24. The first-order chi connectivity index (χ1) is 8.00. The molecule has 0 spiro atoms. The number of ether oxygens (including phenoxy) is 1. The molecule has 17 heavy (non-hydrogen) atoms. The van der Waals surface area contributed by atoms with E-state index in [2.05, 4.69) is 26.0 Å². The van der Waals surface area contributed by atoms with Crippen molar-refractivity contribution in [1.29, 1.82) is 0 Å². The maximum absolute atomic E-state index is 10.4. The van der Waals surface area contributed by atoms with E-state index in [1.54, 1.807) is 0 Å². The Morgan fingerprint density at radius 3 is 2.53 bits per heavy atom. The summed E-state index contributed by atoms with van der Waals surface area (Å²) in [5.74, 6) is -0.339. The van der Waals surface area contributed by atoms with E-state index < -0.39 is 5.97 Å². The molecule has 0 fully saturated rings. The van der Waals surface area contributed by atoms with E-state index >= 15 is 0 Å². The van der Waals surface area contributed by atoms with Crippen LogP contribution in [-0.2, 0) is 9.53 Å². The molecule has 0 saturated carbocycles. The molecule has 1 aromatic rings. The molecule has 1 aromatic carbocycles. The molecule has 1 rings (SSSR count). The fraction of sp³-hybridized carbons (Fsp3) is 0.500. The minimum Gasteiger partial charge on any atom is -0.481 e. The van der Waals surface area contributed by atoms with E-state index in [1.165, 1.54) is 5.56 Å². The summed E-state index contributed by atoms with van der Waals surface area (Å²) in [4.78, 5) is 10.4. The molecule has 0 aliphatic rings. The Kier molecular flexibility index (Phi) is 5.16. The molecule has 1 atom stereocenters. The van der Waals surface area contributed by atoms with Crippen molar-refractivity contribution in [2.75, 3.05) is 6.61 Å². The van der Waals surface area contributed by atoms with Crippen LogP contribution in [0.25, 0.3) is 0 Å². The number of aliphatic carboxylic acids is 1. The molecule has 1 N–H and O–H groups in total. The zero-order chi connectivity index (χ0) is 12.8. The first-order valence-electron chi connectivity index (χ1n) is 5.94. The second-order valence-electron chi connectivity index (χ2n) is 4.48. The smallest absolute Gasteiger partial charge is 0.305 e. The van der Waals surface area contributed by atoms with Gasteiger partial charge in [0.2, 0.25) is 0 Å². The zero-order valence-electron chi connectivity index (χ0n) is 10.6. The van der Waals surface area contributed by atoms with Crippen LogP contribution in [0.4, 0.5) is 0 Å². The summed E-state index contributed by atoms with van der Waals surface area (Å²) in [6.07, 6.45) is -0.0122.